The molecule has 1 unspecified atom stereocenters. The molecular formula is C13H16N2O3. The third kappa shape index (κ3) is 4.53. The molecule has 0 fully saturated rings. The Kier molecular flexibility index (Phi) is 6.47. The first kappa shape index (κ1) is 14.2. The van der Waals surface area contributed by atoms with Crippen LogP contribution in [0.25, 0.3) is 0 Å². The summed E-state index contributed by atoms with van der Waals surface area (Å²) < 4.78 is 5.00. The monoisotopic (exact) mass is 248 g/mol. The predicted octanol–water partition coefficient (Wildman–Crippen LogP) is 0.419. The lowest BCUT2D eigenvalue weighted by Gasteiger charge is -2.10. The van der Waals surface area contributed by atoms with Crippen LogP contribution in [0.15, 0.2) is 30.3 Å². The van der Waals surface area contributed by atoms with E-state index in [9.17, 15) is 4.79 Å². The molecule has 1 amide bonds. The third-order valence-corrected chi connectivity index (χ3v) is 2.31. The minimum atomic E-state index is -0.802. The predicted molar refractivity (Wildman–Crippen MR) is 65.7 cm³/mol. The Morgan fingerprint density at radius 2 is 2.11 bits per heavy atom. The van der Waals surface area contributed by atoms with Crippen LogP contribution in [0.1, 0.15) is 11.5 Å². The lowest BCUT2D eigenvalue weighted by atomic mass is 10.00. The maximum absolute atomic E-state index is 11.8. The van der Waals surface area contributed by atoms with Crippen molar-refractivity contribution in [3.63, 3.8) is 0 Å². The van der Waals surface area contributed by atoms with Crippen LogP contribution < -0.4 is 5.32 Å². The Morgan fingerprint density at radius 3 is 2.72 bits per heavy atom. The summed E-state index contributed by atoms with van der Waals surface area (Å²) in [7, 11) is 0. The van der Waals surface area contributed by atoms with E-state index < -0.39 is 5.92 Å². The fraction of sp³-hybridized carbons (Fsp3) is 0.385. The van der Waals surface area contributed by atoms with Crippen LogP contribution in [0.4, 0.5) is 0 Å². The minimum Gasteiger partial charge on any atom is -0.394 e. The van der Waals surface area contributed by atoms with Gasteiger partial charge in [0.15, 0.2) is 0 Å². The highest BCUT2D eigenvalue weighted by molar-refractivity contribution is 5.86. The Labute approximate surface area is 106 Å². The SMILES string of the molecule is N#CC(C(=O)NCCOCCO)c1ccccc1. The van der Waals surface area contributed by atoms with E-state index in [0.717, 1.165) is 0 Å². The first-order chi connectivity index (χ1) is 8.79. The third-order valence-electron chi connectivity index (χ3n) is 2.31. The Morgan fingerprint density at radius 1 is 1.39 bits per heavy atom. The van der Waals surface area contributed by atoms with Crippen molar-refractivity contribution in [1.29, 1.82) is 5.26 Å². The Bertz CT molecular complexity index is 400. The van der Waals surface area contributed by atoms with Crippen molar-refractivity contribution in [3.05, 3.63) is 35.9 Å². The molecule has 1 atom stereocenters. The summed E-state index contributed by atoms with van der Waals surface area (Å²) in [6.45, 7) is 0.845. The number of rotatable bonds is 7. The smallest absolute Gasteiger partial charge is 0.241 e. The standard InChI is InChI=1S/C13H16N2O3/c14-10-12(11-4-2-1-3-5-11)13(17)15-6-8-18-9-7-16/h1-5,12,16H,6-9H2,(H,15,17). The molecule has 96 valence electrons. The summed E-state index contributed by atoms with van der Waals surface area (Å²) in [6.07, 6.45) is 0. The number of carbonyl (C=O) groups excluding carboxylic acids is 1. The molecular weight excluding hydrogens is 232 g/mol. The molecule has 1 rings (SSSR count). The van der Waals surface area contributed by atoms with Crippen LogP contribution >= 0.6 is 0 Å². The van der Waals surface area contributed by atoms with Gasteiger partial charge in [-0.2, -0.15) is 5.26 Å². The number of nitrogens with one attached hydrogen (secondary N) is 1. The van der Waals surface area contributed by atoms with Gasteiger partial charge in [0.2, 0.25) is 5.91 Å². The average Bonchev–Trinajstić information content (AvgIpc) is 2.40. The second-order valence-electron chi connectivity index (χ2n) is 3.60. The molecule has 0 heterocycles. The van der Waals surface area contributed by atoms with Gasteiger partial charge in [0.25, 0.3) is 0 Å². The molecule has 18 heavy (non-hydrogen) atoms. The van der Waals surface area contributed by atoms with Crippen LogP contribution in [-0.4, -0.2) is 37.4 Å². The molecule has 5 heteroatoms. The van der Waals surface area contributed by atoms with Gasteiger partial charge >= 0.3 is 0 Å². The van der Waals surface area contributed by atoms with Crippen LogP contribution in [0.3, 0.4) is 0 Å². The second-order valence-corrected chi connectivity index (χ2v) is 3.60. The zero-order valence-electron chi connectivity index (χ0n) is 10.0. The van der Waals surface area contributed by atoms with Gasteiger partial charge in [-0.25, -0.2) is 0 Å². The number of hydrogen-bond donors (Lipinski definition) is 2. The summed E-state index contributed by atoms with van der Waals surface area (Å²) in [5.41, 5.74) is 0.675. The molecule has 0 saturated heterocycles. The molecule has 1 aromatic carbocycles. The number of aliphatic hydroxyl groups is 1. The number of aliphatic hydroxyl groups excluding tert-OH is 1. The number of carbonyl (C=O) groups is 1. The molecule has 0 aliphatic heterocycles. The lowest BCUT2D eigenvalue weighted by Crippen LogP contribution is -2.31. The maximum atomic E-state index is 11.8. The van der Waals surface area contributed by atoms with Crippen molar-refractivity contribution in [2.24, 2.45) is 0 Å². The highest BCUT2D eigenvalue weighted by Gasteiger charge is 2.18. The summed E-state index contributed by atoms with van der Waals surface area (Å²) >= 11 is 0. The number of nitriles is 1. The summed E-state index contributed by atoms with van der Waals surface area (Å²) in [4.78, 5) is 11.8. The zero-order valence-corrected chi connectivity index (χ0v) is 10.0. The van der Waals surface area contributed by atoms with Gasteiger partial charge in [-0.3, -0.25) is 4.79 Å². The molecule has 1 aromatic rings. The van der Waals surface area contributed by atoms with E-state index in [1.807, 2.05) is 12.1 Å². The highest BCUT2D eigenvalue weighted by Crippen LogP contribution is 2.14. The van der Waals surface area contributed by atoms with Crippen molar-refractivity contribution in [3.8, 4) is 6.07 Å². The van der Waals surface area contributed by atoms with Gasteiger partial charge in [0, 0.05) is 6.54 Å². The lowest BCUT2D eigenvalue weighted by molar-refractivity contribution is -0.121. The number of nitrogens with zero attached hydrogens (tertiary/aromatic N) is 1. The van der Waals surface area contributed by atoms with Crippen LogP contribution in [0.2, 0.25) is 0 Å². The second kappa shape index (κ2) is 8.23. The fourth-order valence-electron chi connectivity index (χ4n) is 1.45. The summed E-state index contributed by atoms with van der Waals surface area (Å²) in [6, 6.07) is 10.9. The topological polar surface area (TPSA) is 82.4 Å². The quantitative estimate of drug-likeness (QED) is 0.685. The highest BCUT2D eigenvalue weighted by atomic mass is 16.5. The van der Waals surface area contributed by atoms with Crippen molar-refractivity contribution in [1.82, 2.24) is 5.32 Å². The maximum Gasteiger partial charge on any atom is 0.241 e. The van der Waals surface area contributed by atoms with Gasteiger partial charge in [-0.1, -0.05) is 30.3 Å². The molecule has 2 N–H and O–H groups in total. The molecule has 0 aromatic heterocycles. The molecule has 0 saturated carbocycles. The van der Waals surface area contributed by atoms with E-state index in [1.54, 1.807) is 24.3 Å². The van der Waals surface area contributed by atoms with Gasteiger partial charge in [-0.15, -0.1) is 0 Å². The Hall–Kier alpha value is -1.90. The van der Waals surface area contributed by atoms with Crippen molar-refractivity contribution in [2.45, 2.75) is 5.92 Å². The Balaban J connectivity index is 2.42. The summed E-state index contributed by atoms with van der Waals surface area (Å²) in [5.74, 6) is -1.14. The molecule has 5 nitrogen and oxygen atoms in total. The van der Waals surface area contributed by atoms with Crippen molar-refractivity contribution in [2.75, 3.05) is 26.4 Å². The number of benzene rings is 1. The normalized spacial score (nSPS) is 11.6. The molecule has 0 aliphatic rings. The minimum absolute atomic E-state index is 0.0429. The van der Waals surface area contributed by atoms with Crippen LogP contribution in [0, 0.1) is 11.3 Å². The zero-order chi connectivity index (χ0) is 13.2. The number of amides is 1. The van der Waals surface area contributed by atoms with E-state index in [4.69, 9.17) is 15.1 Å². The van der Waals surface area contributed by atoms with Gasteiger partial charge in [0.1, 0.15) is 5.92 Å². The largest absolute Gasteiger partial charge is 0.394 e. The van der Waals surface area contributed by atoms with E-state index >= 15 is 0 Å². The first-order valence-corrected chi connectivity index (χ1v) is 5.70. The summed E-state index contributed by atoms with van der Waals surface area (Å²) in [5, 5.41) is 20.1. The number of ether oxygens (including phenoxy) is 1. The van der Waals surface area contributed by atoms with E-state index in [2.05, 4.69) is 5.32 Å². The van der Waals surface area contributed by atoms with E-state index in [-0.39, 0.29) is 19.1 Å². The van der Waals surface area contributed by atoms with E-state index in [1.165, 1.54) is 0 Å². The molecule has 0 bridgehead atoms. The van der Waals surface area contributed by atoms with Crippen LogP contribution in [0.5, 0.6) is 0 Å². The van der Waals surface area contributed by atoms with Gasteiger partial charge in [0.05, 0.1) is 25.9 Å². The van der Waals surface area contributed by atoms with Gasteiger partial charge in [-0.05, 0) is 5.56 Å². The number of hydrogen-bond acceptors (Lipinski definition) is 4. The average molecular weight is 248 g/mol. The van der Waals surface area contributed by atoms with Crippen molar-refractivity contribution >= 4 is 5.91 Å². The van der Waals surface area contributed by atoms with Gasteiger partial charge < -0.3 is 15.2 Å². The van der Waals surface area contributed by atoms with E-state index in [0.29, 0.717) is 18.7 Å². The van der Waals surface area contributed by atoms with Crippen LogP contribution in [-0.2, 0) is 9.53 Å². The molecule has 0 aliphatic carbocycles. The molecule has 0 spiro atoms. The molecule has 0 radical (unpaired) electrons. The fourth-order valence-corrected chi connectivity index (χ4v) is 1.45. The van der Waals surface area contributed by atoms with Crippen molar-refractivity contribution < 1.29 is 14.6 Å². The first-order valence-electron chi connectivity index (χ1n) is 5.70.